The van der Waals surface area contributed by atoms with Crippen LogP contribution in [-0.4, -0.2) is 27.1 Å². The molecule has 1 unspecified atom stereocenters. The Morgan fingerprint density at radius 1 is 1.10 bits per heavy atom. The summed E-state index contributed by atoms with van der Waals surface area (Å²) in [4.78, 5) is 12.8. The average molecular weight is 469 g/mol. The Morgan fingerprint density at radius 2 is 1.80 bits per heavy atom. The minimum atomic E-state index is -3.72. The van der Waals surface area contributed by atoms with Gasteiger partial charge >= 0.3 is 0 Å². The minimum absolute atomic E-state index is 0.169. The zero-order valence-electron chi connectivity index (χ0n) is 17.1. The Labute approximate surface area is 188 Å². The van der Waals surface area contributed by atoms with Gasteiger partial charge in [0.1, 0.15) is 6.54 Å². The number of hydrogen-bond acceptors (Lipinski definition) is 3. The smallest absolute Gasteiger partial charge is 0.241 e. The third kappa shape index (κ3) is 5.48. The van der Waals surface area contributed by atoms with Gasteiger partial charge in [0.15, 0.2) is 0 Å². The molecule has 0 bridgehead atoms. The maximum atomic E-state index is 12.8. The lowest BCUT2D eigenvalue weighted by molar-refractivity contribution is -0.120. The normalized spacial score (nSPS) is 14.7. The second kappa shape index (κ2) is 9.58. The molecule has 0 saturated heterocycles. The van der Waals surface area contributed by atoms with E-state index in [4.69, 9.17) is 23.2 Å². The topological polar surface area (TPSA) is 66.5 Å². The number of nitrogens with zero attached hydrogens (tertiary/aromatic N) is 1. The lowest BCUT2D eigenvalue weighted by atomic mass is 9.89. The largest absolute Gasteiger partial charge is 0.348 e. The molecule has 0 fully saturated rings. The number of aryl methyl sites for hydroxylation is 2. The highest BCUT2D eigenvalue weighted by Gasteiger charge is 2.25. The van der Waals surface area contributed by atoms with Gasteiger partial charge in [0.05, 0.1) is 23.0 Å². The van der Waals surface area contributed by atoms with Crippen LogP contribution in [0.25, 0.3) is 0 Å². The molecule has 0 aromatic heterocycles. The van der Waals surface area contributed by atoms with E-state index in [1.165, 1.54) is 36.1 Å². The average Bonchev–Trinajstić information content (AvgIpc) is 2.69. The summed E-state index contributed by atoms with van der Waals surface area (Å²) in [6.45, 7) is 1.64. The maximum absolute atomic E-state index is 12.8. The van der Waals surface area contributed by atoms with Gasteiger partial charge in [-0.15, -0.1) is 0 Å². The van der Waals surface area contributed by atoms with Gasteiger partial charge in [-0.25, -0.2) is 8.42 Å². The molecule has 0 spiro atoms. The van der Waals surface area contributed by atoms with Crippen molar-refractivity contribution in [3.63, 3.8) is 0 Å². The molecule has 5 nitrogen and oxygen atoms in total. The van der Waals surface area contributed by atoms with Crippen LogP contribution >= 0.6 is 23.2 Å². The van der Waals surface area contributed by atoms with E-state index in [9.17, 15) is 13.2 Å². The fourth-order valence-corrected chi connectivity index (χ4v) is 5.26. The van der Waals surface area contributed by atoms with Gasteiger partial charge in [0.2, 0.25) is 15.9 Å². The summed E-state index contributed by atoms with van der Waals surface area (Å²) in [7, 11) is -3.72. The number of hydrogen-bond donors (Lipinski definition) is 1. The highest BCUT2D eigenvalue weighted by molar-refractivity contribution is 7.92. The van der Waals surface area contributed by atoms with Crippen molar-refractivity contribution in [2.45, 2.75) is 45.1 Å². The van der Waals surface area contributed by atoms with Crippen LogP contribution in [0.4, 0.5) is 5.69 Å². The van der Waals surface area contributed by atoms with Crippen molar-refractivity contribution < 1.29 is 13.2 Å². The summed E-state index contributed by atoms with van der Waals surface area (Å²) >= 11 is 12.1. The van der Waals surface area contributed by atoms with Crippen LogP contribution in [0, 0.1) is 0 Å². The highest BCUT2D eigenvalue weighted by Crippen LogP contribution is 2.30. The number of nitrogens with one attached hydrogen (secondary N) is 1. The molecule has 30 heavy (non-hydrogen) atoms. The van der Waals surface area contributed by atoms with E-state index in [2.05, 4.69) is 23.5 Å². The predicted octanol–water partition coefficient (Wildman–Crippen LogP) is 4.91. The molecule has 0 radical (unpaired) electrons. The number of amides is 1. The number of carbonyl (C=O) groups is 1. The molecule has 0 heterocycles. The second-order valence-corrected chi connectivity index (χ2v) is 10.4. The van der Waals surface area contributed by atoms with Crippen LogP contribution in [0.3, 0.4) is 0 Å². The molecule has 1 aliphatic carbocycles. The molecule has 1 atom stereocenters. The summed E-state index contributed by atoms with van der Waals surface area (Å²) in [5.41, 5.74) is 3.99. The number of halogens is 2. The lowest BCUT2D eigenvalue weighted by Crippen LogP contribution is -2.41. The zero-order valence-corrected chi connectivity index (χ0v) is 19.4. The fourth-order valence-electron chi connectivity index (χ4n) is 3.83. The van der Waals surface area contributed by atoms with Crippen molar-refractivity contribution in [2.24, 2.45) is 0 Å². The van der Waals surface area contributed by atoms with Crippen molar-refractivity contribution in [2.75, 3.05) is 17.1 Å². The molecular formula is C22H26Cl2N2O3S. The van der Waals surface area contributed by atoms with Crippen molar-refractivity contribution in [3.05, 3.63) is 63.1 Å². The number of anilines is 1. The standard InChI is InChI=1S/C22H26Cl2N2O3S/c1-3-20(17-9-8-15-6-4-5-7-16(15)12-17)25-22(27)14-26(30(2,28)29)21-11-10-18(23)13-19(21)24/h8-13,20H,3-7,14H2,1-2H3,(H,25,27). The summed E-state index contributed by atoms with van der Waals surface area (Å²) in [6, 6.07) is 10.7. The molecule has 1 amide bonds. The van der Waals surface area contributed by atoms with Crippen molar-refractivity contribution in [3.8, 4) is 0 Å². The van der Waals surface area contributed by atoms with E-state index in [1.807, 2.05) is 6.92 Å². The van der Waals surface area contributed by atoms with E-state index in [1.54, 1.807) is 6.07 Å². The molecule has 3 rings (SSSR count). The first-order valence-corrected chi connectivity index (χ1v) is 12.6. The Morgan fingerprint density at radius 3 is 2.43 bits per heavy atom. The third-order valence-electron chi connectivity index (χ3n) is 5.38. The monoisotopic (exact) mass is 468 g/mol. The number of carbonyl (C=O) groups excluding carboxylic acids is 1. The molecule has 1 aliphatic rings. The van der Waals surface area contributed by atoms with Gasteiger partial charge in [0.25, 0.3) is 0 Å². The molecule has 8 heteroatoms. The van der Waals surface area contributed by atoms with Crippen LogP contribution in [0.2, 0.25) is 10.0 Å². The number of rotatable bonds is 7. The van der Waals surface area contributed by atoms with Crippen LogP contribution < -0.4 is 9.62 Å². The van der Waals surface area contributed by atoms with E-state index in [-0.39, 0.29) is 23.3 Å². The van der Waals surface area contributed by atoms with E-state index in [0.717, 1.165) is 29.0 Å². The molecule has 0 saturated carbocycles. The van der Waals surface area contributed by atoms with Gasteiger partial charge in [-0.2, -0.15) is 0 Å². The quantitative estimate of drug-likeness (QED) is 0.627. The molecule has 2 aromatic carbocycles. The van der Waals surface area contributed by atoms with Crippen molar-refractivity contribution in [1.82, 2.24) is 5.32 Å². The number of fused-ring (bicyclic) bond motifs is 1. The van der Waals surface area contributed by atoms with Gasteiger partial charge in [-0.1, -0.05) is 48.3 Å². The Bertz CT molecular complexity index is 1040. The number of sulfonamides is 1. The lowest BCUT2D eigenvalue weighted by Gasteiger charge is -2.25. The van der Waals surface area contributed by atoms with Gasteiger partial charge in [-0.3, -0.25) is 9.10 Å². The molecule has 2 aromatic rings. The van der Waals surface area contributed by atoms with E-state index < -0.39 is 15.9 Å². The van der Waals surface area contributed by atoms with Crippen LogP contribution in [0.5, 0.6) is 0 Å². The fraction of sp³-hybridized carbons (Fsp3) is 0.409. The molecule has 1 N–H and O–H groups in total. The van der Waals surface area contributed by atoms with E-state index in [0.29, 0.717) is 11.4 Å². The van der Waals surface area contributed by atoms with Crippen LogP contribution in [-0.2, 0) is 27.7 Å². The van der Waals surface area contributed by atoms with Gasteiger partial charge < -0.3 is 5.32 Å². The molecule has 0 aliphatic heterocycles. The maximum Gasteiger partial charge on any atom is 0.241 e. The molecular weight excluding hydrogens is 443 g/mol. The minimum Gasteiger partial charge on any atom is -0.348 e. The highest BCUT2D eigenvalue weighted by atomic mass is 35.5. The Kier molecular flexibility index (Phi) is 7.32. The Hall–Kier alpha value is -1.76. The summed E-state index contributed by atoms with van der Waals surface area (Å²) in [6.07, 6.45) is 6.31. The van der Waals surface area contributed by atoms with Crippen molar-refractivity contribution in [1.29, 1.82) is 0 Å². The van der Waals surface area contributed by atoms with Gasteiger partial charge in [0, 0.05) is 5.02 Å². The first-order chi connectivity index (χ1) is 14.2. The summed E-state index contributed by atoms with van der Waals surface area (Å²) < 4.78 is 25.7. The summed E-state index contributed by atoms with van der Waals surface area (Å²) in [5.74, 6) is -0.393. The SMILES string of the molecule is CCC(NC(=O)CN(c1ccc(Cl)cc1Cl)S(C)(=O)=O)c1ccc2c(c1)CCCC2. The molecule has 162 valence electrons. The van der Waals surface area contributed by atoms with E-state index >= 15 is 0 Å². The first kappa shape index (κ1) is 22.9. The first-order valence-electron chi connectivity index (χ1n) is 10.0. The van der Waals surface area contributed by atoms with Crippen LogP contribution in [0.15, 0.2) is 36.4 Å². The zero-order chi connectivity index (χ0) is 21.9. The number of benzene rings is 2. The van der Waals surface area contributed by atoms with Crippen molar-refractivity contribution >= 4 is 44.8 Å². The summed E-state index contributed by atoms with van der Waals surface area (Å²) in [5, 5.41) is 3.54. The predicted molar refractivity (Wildman–Crippen MR) is 123 cm³/mol. The van der Waals surface area contributed by atoms with Crippen LogP contribution in [0.1, 0.15) is 48.9 Å². The van der Waals surface area contributed by atoms with Gasteiger partial charge in [-0.05, 0) is 67.0 Å². The second-order valence-electron chi connectivity index (χ2n) is 7.63. The Balaban J connectivity index is 1.78. The third-order valence-corrected chi connectivity index (χ3v) is 7.05.